The maximum atomic E-state index is 13.4. The summed E-state index contributed by atoms with van der Waals surface area (Å²) < 4.78 is 18.4. The lowest BCUT2D eigenvalue weighted by molar-refractivity contribution is 0.386. The van der Waals surface area contributed by atoms with Gasteiger partial charge in [0.25, 0.3) is 0 Å². The number of nitrogens with one attached hydrogen (secondary N) is 1. The lowest BCUT2D eigenvalue weighted by Crippen LogP contribution is -2.33. The van der Waals surface area contributed by atoms with Gasteiger partial charge in [0.1, 0.15) is 0 Å². The third-order valence-corrected chi connectivity index (χ3v) is 2.69. The Balaban J connectivity index is 2.46. The van der Waals surface area contributed by atoms with Gasteiger partial charge in [0.05, 0.1) is 18.5 Å². The van der Waals surface area contributed by atoms with Crippen LogP contribution < -0.4 is 15.0 Å². The number of ether oxygens (including phenoxy) is 1. The number of halogens is 1. The van der Waals surface area contributed by atoms with Gasteiger partial charge in [0, 0.05) is 31.8 Å². The molecule has 0 saturated carbocycles. The molecule has 1 N–H and O–H groups in total. The lowest BCUT2D eigenvalue weighted by atomic mass is 10.2. The van der Waals surface area contributed by atoms with Crippen molar-refractivity contribution in [3.05, 3.63) is 17.9 Å². The average molecular weight is 210 g/mol. The number of hydrogen-bond donors (Lipinski definition) is 1. The Morgan fingerprint density at radius 3 is 3.00 bits per heavy atom. The molecule has 0 saturated heterocycles. The van der Waals surface area contributed by atoms with E-state index in [9.17, 15) is 4.39 Å². The third kappa shape index (κ3) is 1.71. The second-order valence-electron chi connectivity index (χ2n) is 3.51. The van der Waals surface area contributed by atoms with Crippen LogP contribution in [0.4, 0.5) is 15.8 Å². The molecule has 0 bridgehead atoms. The molecule has 1 heterocycles. The molecule has 1 aromatic carbocycles. The Bertz CT molecular complexity index is 368. The van der Waals surface area contributed by atoms with Gasteiger partial charge >= 0.3 is 0 Å². The zero-order valence-corrected chi connectivity index (χ0v) is 9.01. The average Bonchev–Trinajstić information content (AvgIpc) is 2.27. The molecule has 82 valence electrons. The minimum atomic E-state index is -0.318. The number of nitrogens with zero attached hydrogens (tertiary/aromatic N) is 1. The molecule has 0 amide bonds. The highest BCUT2D eigenvalue weighted by atomic mass is 19.1. The highest BCUT2D eigenvalue weighted by Gasteiger charge is 2.18. The lowest BCUT2D eigenvalue weighted by Gasteiger charge is -2.31. The van der Waals surface area contributed by atoms with Crippen LogP contribution >= 0.6 is 0 Å². The van der Waals surface area contributed by atoms with Crippen LogP contribution in [0.25, 0.3) is 0 Å². The van der Waals surface area contributed by atoms with Gasteiger partial charge in [0.2, 0.25) is 0 Å². The largest absolute Gasteiger partial charge is 0.494 e. The molecule has 3 nitrogen and oxygen atoms in total. The van der Waals surface area contributed by atoms with Crippen molar-refractivity contribution in [2.24, 2.45) is 0 Å². The molecule has 0 aliphatic carbocycles. The van der Waals surface area contributed by atoms with Gasteiger partial charge in [-0.25, -0.2) is 4.39 Å². The van der Waals surface area contributed by atoms with E-state index in [-0.39, 0.29) is 5.82 Å². The molecular formula is C11H15FN2O. The van der Waals surface area contributed by atoms with E-state index in [4.69, 9.17) is 4.74 Å². The van der Waals surface area contributed by atoms with Gasteiger partial charge in [-0.2, -0.15) is 0 Å². The summed E-state index contributed by atoms with van der Waals surface area (Å²) in [7, 11) is 1.48. The van der Waals surface area contributed by atoms with E-state index in [1.807, 2.05) is 0 Å². The van der Waals surface area contributed by atoms with Gasteiger partial charge in [0.15, 0.2) is 11.6 Å². The van der Waals surface area contributed by atoms with Crippen molar-refractivity contribution in [3.8, 4) is 5.75 Å². The quantitative estimate of drug-likeness (QED) is 0.808. The number of benzene rings is 1. The second kappa shape index (κ2) is 3.96. The number of methoxy groups -OCH3 is 1. The molecule has 1 aromatic rings. The first-order chi connectivity index (χ1) is 7.26. The van der Waals surface area contributed by atoms with E-state index in [0.29, 0.717) is 5.75 Å². The standard InChI is InChI=1S/C11H15FN2O/c1-3-14-5-4-13-9-6-8(12)11(15-2)7-10(9)14/h6-7,13H,3-5H2,1-2H3. The van der Waals surface area contributed by atoms with Crippen LogP contribution in [0.5, 0.6) is 5.75 Å². The fourth-order valence-corrected chi connectivity index (χ4v) is 1.88. The molecule has 0 fully saturated rings. The molecule has 0 atom stereocenters. The van der Waals surface area contributed by atoms with E-state index in [1.165, 1.54) is 13.2 Å². The summed E-state index contributed by atoms with van der Waals surface area (Å²) in [5.74, 6) is -0.0161. The predicted molar refractivity (Wildman–Crippen MR) is 59.3 cm³/mol. The first-order valence-electron chi connectivity index (χ1n) is 5.12. The van der Waals surface area contributed by atoms with Crippen LogP contribution in [0.15, 0.2) is 12.1 Å². The van der Waals surface area contributed by atoms with Crippen LogP contribution in [-0.2, 0) is 0 Å². The number of anilines is 2. The van der Waals surface area contributed by atoms with E-state index in [1.54, 1.807) is 6.07 Å². The Kier molecular flexibility index (Phi) is 2.66. The first kappa shape index (κ1) is 10.1. The summed E-state index contributed by atoms with van der Waals surface area (Å²) in [6, 6.07) is 3.25. The fourth-order valence-electron chi connectivity index (χ4n) is 1.88. The fraction of sp³-hybridized carbons (Fsp3) is 0.455. The molecule has 0 radical (unpaired) electrons. The number of fused-ring (bicyclic) bond motifs is 1. The molecule has 15 heavy (non-hydrogen) atoms. The zero-order chi connectivity index (χ0) is 10.8. The van der Waals surface area contributed by atoms with Gasteiger partial charge < -0.3 is 15.0 Å². The number of hydrogen-bond acceptors (Lipinski definition) is 3. The highest BCUT2D eigenvalue weighted by molar-refractivity contribution is 5.74. The summed E-state index contributed by atoms with van der Waals surface area (Å²) in [4.78, 5) is 2.20. The summed E-state index contributed by atoms with van der Waals surface area (Å²) in [5, 5.41) is 3.18. The van der Waals surface area contributed by atoms with Crippen molar-refractivity contribution in [2.75, 3.05) is 37.0 Å². The van der Waals surface area contributed by atoms with Crippen LogP contribution in [-0.4, -0.2) is 26.7 Å². The molecule has 0 aromatic heterocycles. The van der Waals surface area contributed by atoms with Gasteiger partial charge in [-0.05, 0) is 6.92 Å². The second-order valence-corrected chi connectivity index (χ2v) is 3.51. The van der Waals surface area contributed by atoms with Crippen molar-refractivity contribution in [2.45, 2.75) is 6.92 Å². The number of likely N-dealkylation sites (N-methyl/N-ethyl adjacent to an activating group) is 1. The van der Waals surface area contributed by atoms with Gasteiger partial charge in [-0.1, -0.05) is 0 Å². The van der Waals surface area contributed by atoms with Crippen molar-refractivity contribution in [1.29, 1.82) is 0 Å². The van der Waals surface area contributed by atoms with Crippen LogP contribution in [0.1, 0.15) is 6.92 Å². The van der Waals surface area contributed by atoms with E-state index < -0.39 is 0 Å². The molecule has 1 aliphatic heterocycles. The topological polar surface area (TPSA) is 24.5 Å². The highest BCUT2D eigenvalue weighted by Crippen LogP contribution is 2.34. The first-order valence-corrected chi connectivity index (χ1v) is 5.12. The van der Waals surface area contributed by atoms with E-state index in [2.05, 4.69) is 17.1 Å². The normalized spacial score (nSPS) is 14.5. The summed E-state index contributed by atoms with van der Waals surface area (Å²) >= 11 is 0. The maximum Gasteiger partial charge on any atom is 0.167 e. The summed E-state index contributed by atoms with van der Waals surface area (Å²) in [6.45, 7) is 4.80. The SMILES string of the molecule is CCN1CCNc2cc(F)c(OC)cc21. The molecule has 4 heteroatoms. The Hall–Kier alpha value is -1.45. The molecular weight excluding hydrogens is 195 g/mol. The molecule has 2 rings (SSSR count). The van der Waals surface area contributed by atoms with Crippen molar-refractivity contribution < 1.29 is 9.13 Å². The summed E-state index contributed by atoms with van der Waals surface area (Å²) in [6.07, 6.45) is 0. The van der Waals surface area contributed by atoms with Crippen molar-refractivity contribution in [3.63, 3.8) is 0 Å². The predicted octanol–water partition coefficient (Wildman–Crippen LogP) is 2.09. The minimum absolute atomic E-state index is 0.302. The van der Waals surface area contributed by atoms with Crippen LogP contribution in [0, 0.1) is 5.82 Å². The van der Waals surface area contributed by atoms with E-state index in [0.717, 1.165) is 31.0 Å². The Labute approximate surface area is 88.8 Å². The third-order valence-electron chi connectivity index (χ3n) is 2.69. The molecule has 1 aliphatic rings. The minimum Gasteiger partial charge on any atom is -0.494 e. The van der Waals surface area contributed by atoms with Crippen LogP contribution in [0.2, 0.25) is 0 Å². The van der Waals surface area contributed by atoms with Crippen LogP contribution in [0.3, 0.4) is 0 Å². The smallest absolute Gasteiger partial charge is 0.167 e. The number of rotatable bonds is 2. The molecule has 0 unspecified atom stereocenters. The Morgan fingerprint density at radius 1 is 1.53 bits per heavy atom. The Morgan fingerprint density at radius 2 is 2.33 bits per heavy atom. The zero-order valence-electron chi connectivity index (χ0n) is 9.01. The van der Waals surface area contributed by atoms with E-state index >= 15 is 0 Å². The van der Waals surface area contributed by atoms with Gasteiger partial charge in [-0.15, -0.1) is 0 Å². The monoisotopic (exact) mass is 210 g/mol. The van der Waals surface area contributed by atoms with Crippen molar-refractivity contribution >= 4 is 11.4 Å². The summed E-state index contributed by atoms with van der Waals surface area (Å²) in [5.41, 5.74) is 1.86. The maximum absolute atomic E-state index is 13.4. The van der Waals surface area contributed by atoms with Gasteiger partial charge in [-0.3, -0.25) is 0 Å². The molecule has 0 spiro atoms. The van der Waals surface area contributed by atoms with Crippen molar-refractivity contribution in [1.82, 2.24) is 0 Å².